The molecular weight excluding hydrogens is 454 g/mol. The molecule has 1 aromatic carbocycles. The molecule has 32 heavy (non-hydrogen) atoms. The maximum atomic E-state index is 12.6. The predicted octanol–water partition coefficient (Wildman–Crippen LogP) is 2.80. The smallest absolute Gasteiger partial charge is 0.327 e. The van der Waals surface area contributed by atoms with E-state index in [1.807, 2.05) is 12.1 Å². The highest BCUT2D eigenvalue weighted by atomic mass is 35.5. The lowest BCUT2D eigenvalue weighted by Crippen LogP contribution is -2.45. The minimum atomic E-state index is -3.43. The minimum Gasteiger partial charge on any atom is -0.351 e. The molecule has 1 fully saturated rings. The van der Waals surface area contributed by atoms with Crippen LogP contribution >= 0.6 is 11.6 Å². The van der Waals surface area contributed by atoms with Gasteiger partial charge in [-0.25, -0.2) is 9.78 Å². The van der Waals surface area contributed by atoms with Gasteiger partial charge in [-0.1, -0.05) is 23.7 Å². The first-order valence-electron chi connectivity index (χ1n) is 10.4. The van der Waals surface area contributed by atoms with Crippen LogP contribution < -0.4 is 20.3 Å². The molecule has 2 heterocycles. The lowest BCUT2D eigenvalue weighted by atomic mass is 9.92. The number of rotatable bonds is 6. The molecule has 0 atom stereocenters. The van der Waals surface area contributed by atoms with Crippen LogP contribution in [0.15, 0.2) is 30.5 Å². The Morgan fingerprint density at radius 1 is 1.16 bits per heavy atom. The molecule has 0 saturated heterocycles. The zero-order chi connectivity index (χ0) is 22.9. The Bertz CT molecular complexity index is 1100. The van der Waals surface area contributed by atoms with E-state index in [1.165, 1.54) is 18.4 Å². The molecule has 2 aromatic rings. The van der Waals surface area contributed by atoms with Gasteiger partial charge in [0.25, 0.3) is 10.2 Å². The molecule has 0 bridgehead atoms. The van der Waals surface area contributed by atoms with Crippen LogP contribution in [-0.4, -0.2) is 54.9 Å². The normalized spacial score (nSPS) is 21.2. The number of halogens is 1. The van der Waals surface area contributed by atoms with Crippen LogP contribution in [0.3, 0.4) is 0 Å². The zero-order valence-corrected chi connectivity index (χ0v) is 19.4. The van der Waals surface area contributed by atoms with Crippen molar-refractivity contribution in [3.63, 3.8) is 0 Å². The fourth-order valence-electron chi connectivity index (χ4n) is 3.83. The summed E-state index contributed by atoms with van der Waals surface area (Å²) in [6, 6.07) is 6.92. The SMILES string of the molecule is CN(C)S(=O)(=O)NC1CCC(Nc2ncc3c(n2)NC(=O)N(c2ccccc2Cl)C3)CC1. The molecule has 10 nitrogen and oxygen atoms in total. The first-order valence-corrected chi connectivity index (χ1v) is 12.2. The number of amides is 2. The Balaban J connectivity index is 1.37. The van der Waals surface area contributed by atoms with Gasteiger partial charge in [0.1, 0.15) is 5.82 Å². The largest absolute Gasteiger partial charge is 0.351 e. The van der Waals surface area contributed by atoms with Gasteiger partial charge in [0.2, 0.25) is 5.95 Å². The van der Waals surface area contributed by atoms with Gasteiger partial charge in [0.15, 0.2) is 0 Å². The Labute approximate surface area is 192 Å². The number of nitrogens with one attached hydrogen (secondary N) is 3. The number of para-hydroxylation sites is 1. The quantitative estimate of drug-likeness (QED) is 0.586. The number of benzene rings is 1. The summed E-state index contributed by atoms with van der Waals surface area (Å²) < 4.78 is 27.9. The topological polar surface area (TPSA) is 120 Å². The second kappa shape index (κ2) is 9.18. The number of hydrogen-bond donors (Lipinski definition) is 3. The van der Waals surface area contributed by atoms with Crippen LogP contribution in [0, 0.1) is 0 Å². The summed E-state index contributed by atoms with van der Waals surface area (Å²) in [5, 5.41) is 6.61. The van der Waals surface area contributed by atoms with Gasteiger partial charge in [-0.3, -0.25) is 10.2 Å². The summed E-state index contributed by atoms with van der Waals surface area (Å²) in [6.45, 7) is 0.322. The van der Waals surface area contributed by atoms with Crippen molar-refractivity contribution in [2.45, 2.75) is 44.3 Å². The van der Waals surface area contributed by atoms with Gasteiger partial charge in [0, 0.05) is 37.9 Å². The van der Waals surface area contributed by atoms with E-state index in [1.54, 1.807) is 23.2 Å². The van der Waals surface area contributed by atoms with Crippen LogP contribution in [-0.2, 0) is 16.8 Å². The molecule has 2 aliphatic rings. The van der Waals surface area contributed by atoms with Crippen molar-refractivity contribution in [1.29, 1.82) is 0 Å². The second-order valence-corrected chi connectivity index (χ2v) is 10.5. The summed E-state index contributed by atoms with van der Waals surface area (Å²) in [6.07, 6.45) is 4.71. The van der Waals surface area contributed by atoms with Crippen LogP contribution in [0.5, 0.6) is 0 Å². The van der Waals surface area contributed by atoms with Crippen molar-refractivity contribution in [3.8, 4) is 0 Å². The van der Waals surface area contributed by atoms with E-state index in [-0.39, 0.29) is 18.1 Å². The molecule has 1 saturated carbocycles. The zero-order valence-electron chi connectivity index (χ0n) is 17.9. The first kappa shape index (κ1) is 22.7. The van der Waals surface area contributed by atoms with Crippen molar-refractivity contribution in [3.05, 3.63) is 41.0 Å². The van der Waals surface area contributed by atoms with Crippen molar-refractivity contribution < 1.29 is 13.2 Å². The minimum absolute atomic E-state index is 0.0833. The molecule has 1 aliphatic heterocycles. The number of nitrogens with zero attached hydrogens (tertiary/aromatic N) is 4. The van der Waals surface area contributed by atoms with Crippen LogP contribution in [0.1, 0.15) is 31.2 Å². The van der Waals surface area contributed by atoms with E-state index in [2.05, 4.69) is 25.3 Å². The molecule has 0 radical (unpaired) electrons. The van der Waals surface area contributed by atoms with E-state index in [4.69, 9.17) is 11.6 Å². The Hall–Kier alpha value is -2.47. The molecule has 1 aliphatic carbocycles. The fraction of sp³-hybridized carbons (Fsp3) is 0.450. The van der Waals surface area contributed by atoms with E-state index < -0.39 is 10.2 Å². The highest BCUT2D eigenvalue weighted by molar-refractivity contribution is 7.87. The molecule has 0 unspecified atom stereocenters. The van der Waals surface area contributed by atoms with Crippen LogP contribution in [0.25, 0.3) is 0 Å². The Morgan fingerprint density at radius 2 is 1.84 bits per heavy atom. The molecule has 12 heteroatoms. The van der Waals surface area contributed by atoms with E-state index in [0.29, 0.717) is 29.0 Å². The van der Waals surface area contributed by atoms with E-state index in [9.17, 15) is 13.2 Å². The average Bonchev–Trinajstić information content (AvgIpc) is 2.75. The van der Waals surface area contributed by atoms with Gasteiger partial charge in [-0.2, -0.15) is 22.4 Å². The molecule has 3 N–H and O–H groups in total. The lowest BCUT2D eigenvalue weighted by molar-refractivity contribution is 0.256. The molecule has 172 valence electrons. The summed E-state index contributed by atoms with van der Waals surface area (Å²) in [4.78, 5) is 23.1. The standard InChI is InChI=1S/C20H26ClN7O3S/c1-27(2)32(30,31)26-15-9-7-14(8-10-15)23-19-22-11-13-12-28(20(29)25-18(13)24-19)17-6-4-3-5-16(17)21/h3-6,11,14-15,26H,7-10,12H2,1-2H3,(H2,22,23,24,25,29). The van der Waals surface area contributed by atoms with Crippen LogP contribution in [0.2, 0.25) is 5.02 Å². The molecule has 0 spiro atoms. The Kier molecular flexibility index (Phi) is 6.52. The first-order chi connectivity index (χ1) is 15.2. The van der Waals surface area contributed by atoms with Crippen molar-refractivity contribution >= 4 is 45.3 Å². The van der Waals surface area contributed by atoms with Gasteiger partial charge in [-0.15, -0.1) is 0 Å². The maximum absolute atomic E-state index is 12.6. The van der Waals surface area contributed by atoms with E-state index >= 15 is 0 Å². The highest BCUT2D eigenvalue weighted by Gasteiger charge is 2.28. The number of fused-ring (bicyclic) bond motifs is 1. The van der Waals surface area contributed by atoms with Crippen molar-refractivity contribution in [1.82, 2.24) is 19.0 Å². The monoisotopic (exact) mass is 479 g/mol. The maximum Gasteiger partial charge on any atom is 0.327 e. The molecule has 2 amide bonds. The van der Waals surface area contributed by atoms with Gasteiger partial charge < -0.3 is 5.32 Å². The lowest BCUT2D eigenvalue weighted by Gasteiger charge is -2.31. The summed E-state index contributed by atoms with van der Waals surface area (Å²) in [5.74, 6) is 0.913. The molecular formula is C20H26ClN7O3S. The number of anilines is 3. The third kappa shape index (κ3) is 4.96. The highest BCUT2D eigenvalue weighted by Crippen LogP contribution is 2.31. The third-order valence-corrected chi connectivity index (χ3v) is 7.58. The summed E-state index contributed by atoms with van der Waals surface area (Å²) >= 11 is 6.24. The van der Waals surface area contributed by atoms with Gasteiger partial charge >= 0.3 is 6.03 Å². The number of hydrogen-bond acceptors (Lipinski definition) is 6. The fourth-order valence-corrected chi connectivity index (χ4v) is 4.94. The van der Waals surface area contributed by atoms with Gasteiger partial charge in [0.05, 0.1) is 17.3 Å². The number of aromatic nitrogens is 2. The number of carbonyl (C=O) groups is 1. The number of urea groups is 1. The summed E-state index contributed by atoms with van der Waals surface area (Å²) in [5.41, 5.74) is 1.41. The van der Waals surface area contributed by atoms with Crippen molar-refractivity contribution in [2.75, 3.05) is 29.6 Å². The van der Waals surface area contributed by atoms with Crippen LogP contribution in [0.4, 0.5) is 22.2 Å². The third-order valence-electron chi connectivity index (χ3n) is 5.66. The van der Waals surface area contributed by atoms with E-state index in [0.717, 1.165) is 31.2 Å². The molecule has 1 aromatic heterocycles. The van der Waals surface area contributed by atoms with Crippen molar-refractivity contribution in [2.24, 2.45) is 0 Å². The Morgan fingerprint density at radius 3 is 2.53 bits per heavy atom. The molecule has 4 rings (SSSR count). The average molecular weight is 480 g/mol. The number of carbonyl (C=O) groups excluding carboxylic acids is 1. The second-order valence-electron chi connectivity index (χ2n) is 8.13. The van der Waals surface area contributed by atoms with Gasteiger partial charge in [-0.05, 0) is 37.8 Å². The summed E-state index contributed by atoms with van der Waals surface area (Å²) in [7, 11) is -0.413. The predicted molar refractivity (Wildman–Crippen MR) is 124 cm³/mol.